The number of anilines is 2. The van der Waals surface area contributed by atoms with E-state index in [1.54, 1.807) is 13.0 Å². The first-order valence-corrected chi connectivity index (χ1v) is 14.3. The van der Waals surface area contributed by atoms with E-state index in [1.807, 2.05) is 29.2 Å². The van der Waals surface area contributed by atoms with Gasteiger partial charge in [0.25, 0.3) is 0 Å². The van der Waals surface area contributed by atoms with Gasteiger partial charge in [0.2, 0.25) is 0 Å². The molecule has 45 heavy (non-hydrogen) atoms. The van der Waals surface area contributed by atoms with Crippen LogP contribution in [0.3, 0.4) is 0 Å². The van der Waals surface area contributed by atoms with Crippen LogP contribution in [0.25, 0.3) is 10.9 Å². The lowest BCUT2D eigenvalue weighted by Crippen LogP contribution is -2.48. The van der Waals surface area contributed by atoms with Gasteiger partial charge in [0.15, 0.2) is 0 Å². The molecule has 238 valence electrons. The standard InChI is InChI=1S/C33H31F6N3O3/c1-21-17-29(27-5-3-4-6-28(27)40-21)41-25-18-24(33(37,38)39)19-26(20-25)45-16-15-42-13-11-31(12-14-42,30(43)44-2)22-7-9-23(10-8-22)32(34,35)36/h3-10,17-20H,11-16H2,1-2H3,(H,40,41). The van der Waals surface area contributed by atoms with Crippen molar-refractivity contribution in [3.63, 3.8) is 0 Å². The lowest BCUT2D eigenvalue weighted by molar-refractivity contribution is -0.149. The van der Waals surface area contributed by atoms with Gasteiger partial charge in [-0.2, -0.15) is 26.3 Å². The summed E-state index contributed by atoms with van der Waals surface area (Å²) in [5, 5.41) is 3.85. The average molecular weight is 632 g/mol. The average Bonchev–Trinajstić information content (AvgIpc) is 3.00. The van der Waals surface area contributed by atoms with E-state index in [1.165, 1.54) is 25.3 Å². The number of para-hydroxylation sites is 1. The van der Waals surface area contributed by atoms with Gasteiger partial charge in [0.1, 0.15) is 12.4 Å². The summed E-state index contributed by atoms with van der Waals surface area (Å²) in [5.74, 6) is -0.493. The minimum atomic E-state index is -4.60. The van der Waals surface area contributed by atoms with Crippen LogP contribution in [0.15, 0.2) is 72.8 Å². The lowest BCUT2D eigenvalue weighted by atomic mass is 9.72. The van der Waals surface area contributed by atoms with E-state index in [0.717, 1.165) is 29.7 Å². The second-order valence-electron chi connectivity index (χ2n) is 11.0. The number of carbonyl (C=O) groups is 1. The summed E-state index contributed by atoms with van der Waals surface area (Å²) in [7, 11) is 1.24. The number of likely N-dealkylation sites (tertiary alicyclic amines) is 1. The monoisotopic (exact) mass is 631 g/mol. The number of halogens is 6. The van der Waals surface area contributed by atoms with Crippen molar-refractivity contribution < 1.29 is 40.6 Å². The molecule has 4 aromatic rings. The van der Waals surface area contributed by atoms with E-state index in [2.05, 4.69) is 10.3 Å². The molecule has 12 heteroatoms. The number of carbonyl (C=O) groups excluding carboxylic acids is 1. The first kappa shape index (κ1) is 32.1. The smallest absolute Gasteiger partial charge is 0.416 e. The highest BCUT2D eigenvalue weighted by Crippen LogP contribution is 2.39. The third-order valence-electron chi connectivity index (χ3n) is 8.08. The number of rotatable bonds is 8. The Morgan fingerprint density at radius 2 is 1.58 bits per heavy atom. The van der Waals surface area contributed by atoms with Gasteiger partial charge < -0.3 is 14.8 Å². The number of hydrogen-bond acceptors (Lipinski definition) is 6. The summed E-state index contributed by atoms with van der Waals surface area (Å²) < 4.78 is 91.5. The van der Waals surface area contributed by atoms with E-state index >= 15 is 0 Å². The SMILES string of the molecule is COC(=O)C1(c2ccc(C(F)(F)F)cc2)CCN(CCOc2cc(Nc3cc(C)nc4ccccc34)cc(C(F)(F)F)c2)CC1. The molecule has 1 aliphatic rings. The molecular formula is C33H31F6N3O3. The minimum Gasteiger partial charge on any atom is -0.492 e. The van der Waals surface area contributed by atoms with E-state index in [4.69, 9.17) is 9.47 Å². The fourth-order valence-corrected chi connectivity index (χ4v) is 5.72. The Hall–Kier alpha value is -4.32. The van der Waals surface area contributed by atoms with Gasteiger partial charge >= 0.3 is 18.3 Å². The number of aromatic nitrogens is 1. The van der Waals surface area contributed by atoms with Crippen molar-refractivity contribution in [2.75, 3.05) is 38.7 Å². The first-order valence-electron chi connectivity index (χ1n) is 14.3. The number of piperidine rings is 1. The maximum Gasteiger partial charge on any atom is 0.416 e. The van der Waals surface area contributed by atoms with Crippen molar-refractivity contribution in [1.29, 1.82) is 0 Å². The molecule has 2 heterocycles. The Balaban J connectivity index is 1.27. The number of esters is 1. The molecule has 0 unspecified atom stereocenters. The maximum absolute atomic E-state index is 13.8. The molecule has 0 spiro atoms. The molecular weight excluding hydrogens is 600 g/mol. The Bertz CT molecular complexity index is 1660. The number of methoxy groups -OCH3 is 1. The second-order valence-corrected chi connectivity index (χ2v) is 11.0. The van der Waals surface area contributed by atoms with Crippen molar-refractivity contribution in [1.82, 2.24) is 9.88 Å². The number of fused-ring (bicyclic) bond motifs is 1. The largest absolute Gasteiger partial charge is 0.492 e. The third-order valence-corrected chi connectivity index (χ3v) is 8.08. The number of nitrogens with one attached hydrogen (secondary N) is 1. The molecule has 1 aromatic heterocycles. The highest BCUT2D eigenvalue weighted by Gasteiger charge is 2.44. The molecule has 0 saturated carbocycles. The van der Waals surface area contributed by atoms with Crippen molar-refractivity contribution in [3.05, 3.63) is 95.2 Å². The van der Waals surface area contributed by atoms with E-state index in [-0.39, 0.29) is 18.0 Å². The molecule has 1 N–H and O–H groups in total. The highest BCUT2D eigenvalue weighted by atomic mass is 19.4. The zero-order valence-electron chi connectivity index (χ0n) is 24.6. The van der Waals surface area contributed by atoms with E-state index in [9.17, 15) is 31.1 Å². The van der Waals surface area contributed by atoms with Crippen molar-refractivity contribution in [2.24, 2.45) is 0 Å². The molecule has 0 aliphatic carbocycles. The van der Waals surface area contributed by atoms with Gasteiger partial charge in [0.05, 0.1) is 29.2 Å². The van der Waals surface area contributed by atoms with Crippen LogP contribution >= 0.6 is 0 Å². The summed E-state index contributed by atoms with van der Waals surface area (Å²) in [6.07, 6.45) is -8.51. The third kappa shape index (κ3) is 7.16. The summed E-state index contributed by atoms with van der Waals surface area (Å²) in [5.41, 5.74) is -0.109. The molecule has 1 fully saturated rings. The van der Waals surface area contributed by atoms with Crippen LogP contribution in [0.4, 0.5) is 37.7 Å². The molecule has 0 bridgehead atoms. The van der Waals surface area contributed by atoms with E-state index in [0.29, 0.717) is 54.9 Å². The topological polar surface area (TPSA) is 63.7 Å². The summed E-state index contributed by atoms with van der Waals surface area (Å²) in [6, 6.07) is 17.1. The van der Waals surface area contributed by atoms with Crippen molar-refractivity contribution in [3.8, 4) is 5.75 Å². The van der Waals surface area contributed by atoms with Gasteiger partial charge in [0, 0.05) is 35.1 Å². The predicted octanol–water partition coefficient (Wildman–Crippen LogP) is 7.91. The molecule has 1 saturated heterocycles. The van der Waals surface area contributed by atoms with Gasteiger partial charge in [-0.1, -0.05) is 30.3 Å². The Morgan fingerprint density at radius 1 is 0.911 bits per heavy atom. The zero-order chi connectivity index (χ0) is 32.4. The Morgan fingerprint density at radius 3 is 2.22 bits per heavy atom. The number of nitrogens with zero attached hydrogens (tertiary/aromatic N) is 2. The number of benzene rings is 3. The second kappa shape index (κ2) is 12.6. The fraction of sp³-hybridized carbons (Fsp3) is 0.333. The molecule has 1 aliphatic heterocycles. The number of pyridine rings is 1. The molecule has 5 rings (SSSR count). The van der Waals surface area contributed by atoms with Crippen molar-refractivity contribution >= 4 is 28.2 Å². The van der Waals surface area contributed by atoms with Gasteiger partial charge in [-0.05, 0) is 74.8 Å². The predicted molar refractivity (Wildman–Crippen MR) is 158 cm³/mol. The number of aryl methyl sites for hydroxylation is 1. The fourth-order valence-electron chi connectivity index (χ4n) is 5.72. The van der Waals surface area contributed by atoms with E-state index < -0.39 is 34.9 Å². The zero-order valence-corrected chi connectivity index (χ0v) is 24.6. The van der Waals surface area contributed by atoms with Gasteiger partial charge in [-0.25, -0.2) is 0 Å². The first-order chi connectivity index (χ1) is 21.3. The van der Waals surface area contributed by atoms with Crippen LogP contribution in [0.5, 0.6) is 5.75 Å². The maximum atomic E-state index is 13.8. The van der Waals surface area contributed by atoms with Crippen LogP contribution in [-0.2, 0) is 27.3 Å². The molecule has 6 nitrogen and oxygen atoms in total. The van der Waals surface area contributed by atoms with Crippen LogP contribution in [-0.4, -0.2) is 49.2 Å². The summed E-state index contributed by atoms with van der Waals surface area (Å²) in [6.45, 7) is 3.05. The van der Waals surface area contributed by atoms with Crippen LogP contribution in [0.1, 0.15) is 35.2 Å². The Labute approximate surface area is 256 Å². The lowest BCUT2D eigenvalue weighted by Gasteiger charge is -2.40. The summed E-state index contributed by atoms with van der Waals surface area (Å²) >= 11 is 0. The molecule has 0 atom stereocenters. The molecule has 3 aromatic carbocycles. The molecule has 0 amide bonds. The highest BCUT2D eigenvalue weighted by molar-refractivity contribution is 5.93. The summed E-state index contributed by atoms with van der Waals surface area (Å²) in [4.78, 5) is 19.3. The van der Waals surface area contributed by atoms with Crippen LogP contribution in [0.2, 0.25) is 0 Å². The quantitative estimate of drug-likeness (QED) is 0.158. The van der Waals surface area contributed by atoms with Gasteiger partial charge in [-0.3, -0.25) is 14.7 Å². The molecule has 0 radical (unpaired) electrons. The normalized spacial score (nSPS) is 15.6. The van der Waals surface area contributed by atoms with Gasteiger partial charge in [-0.15, -0.1) is 0 Å². The van der Waals surface area contributed by atoms with Crippen molar-refractivity contribution in [2.45, 2.75) is 37.5 Å². The van der Waals surface area contributed by atoms with Crippen LogP contribution < -0.4 is 10.1 Å². The Kier molecular flexibility index (Phi) is 8.97. The number of hydrogen-bond donors (Lipinski definition) is 1. The number of ether oxygens (including phenoxy) is 2. The van der Waals surface area contributed by atoms with Crippen LogP contribution in [0, 0.1) is 6.92 Å². The number of alkyl halides is 6. The minimum absolute atomic E-state index is 0.0353.